The maximum Gasteiger partial charge on any atom is -0.00205 e. The normalized spacial score (nSPS) is 11.1. The van der Waals surface area contributed by atoms with E-state index in [0.717, 1.165) is 6.54 Å². The molecule has 0 aliphatic rings. The second kappa shape index (κ2) is 8.52. The Labute approximate surface area is 83.2 Å². The van der Waals surface area contributed by atoms with Crippen LogP contribution in [0, 0.1) is 5.41 Å². The van der Waals surface area contributed by atoms with Gasteiger partial charge in [-0.1, -0.05) is 40.0 Å². The lowest BCUT2D eigenvalue weighted by molar-refractivity contribution is 0.222. The molecule has 0 aromatic heterocycles. The molecule has 0 amide bonds. The summed E-state index contributed by atoms with van der Waals surface area (Å²) in [6.07, 6.45) is 7.76. The Balaban J connectivity index is 0. The molecule has 0 saturated heterocycles. The molecular weight excluding hydrogens is 162 g/mol. The quantitative estimate of drug-likeness (QED) is 0.657. The van der Waals surface area contributed by atoms with Crippen LogP contribution in [0.25, 0.3) is 0 Å². The van der Waals surface area contributed by atoms with Gasteiger partial charge in [-0.05, 0) is 31.2 Å². The van der Waals surface area contributed by atoms with E-state index in [1.165, 1.54) is 38.5 Å². The molecule has 0 saturated carbocycles. The minimum atomic E-state index is 0. The highest BCUT2D eigenvalue weighted by atomic mass is 16.0. The average Bonchev–Trinajstić information content (AvgIpc) is 2.06. The van der Waals surface area contributed by atoms with E-state index < -0.39 is 0 Å². The number of nitrogens with two attached hydrogens (primary N) is 1. The van der Waals surface area contributed by atoms with Gasteiger partial charge in [-0.15, -0.1) is 0 Å². The van der Waals surface area contributed by atoms with Gasteiger partial charge in [0.25, 0.3) is 0 Å². The minimum Gasteiger partial charge on any atom is -0.412 e. The topological polar surface area (TPSA) is 57.5 Å². The molecule has 0 aliphatic heterocycles. The van der Waals surface area contributed by atoms with Crippen molar-refractivity contribution < 1.29 is 5.48 Å². The van der Waals surface area contributed by atoms with Crippen LogP contribution in [0.15, 0.2) is 0 Å². The van der Waals surface area contributed by atoms with Gasteiger partial charge in [-0.3, -0.25) is 0 Å². The Morgan fingerprint density at radius 3 is 1.31 bits per heavy atom. The van der Waals surface area contributed by atoms with Gasteiger partial charge in [-0.25, -0.2) is 0 Å². The number of hydrogen-bond acceptors (Lipinski definition) is 1. The van der Waals surface area contributed by atoms with E-state index >= 15 is 0 Å². The van der Waals surface area contributed by atoms with E-state index in [0.29, 0.717) is 5.41 Å². The van der Waals surface area contributed by atoms with Crippen LogP contribution in [0.2, 0.25) is 0 Å². The maximum atomic E-state index is 5.87. The molecule has 82 valence electrons. The third kappa shape index (κ3) is 5.27. The molecule has 2 nitrogen and oxygen atoms in total. The van der Waals surface area contributed by atoms with Crippen molar-refractivity contribution >= 4 is 0 Å². The van der Waals surface area contributed by atoms with Crippen LogP contribution in [0.3, 0.4) is 0 Å². The van der Waals surface area contributed by atoms with Gasteiger partial charge in [0.1, 0.15) is 0 Å². The molecule has 0 radical (unpaired) electrons. The van der Waals surface area contributed by atoms with Crippen molar-refractivity contribution in [3.63, 3.8) is 0 Å². The van der Waals surface area contributed by atoms with Gasteiger partial charge in [-0.2, -0.15) is 0 Å². The van der Waals surface area contributed by atoms with Crippen molar-refractivity contribution in [1.29, 1.82) is 0 Å². The fraction of sp³-hybridized carbons (Fsp3) is 1.00. The summed E-state index contributed by atoms with van der Waals surface area (Å²) in [7, 11) is 0. The fourth-order valence-electron chi connectivity index (χ4n) is 2.27. The van der Waals surface area contributed by atoms with Crippen molar-refractivity contribution in [2.75, 3.05) is 6.54 Å². The SMILES string of the molecule is CCCC(CN)(CCC)CCC.O. The van der Waals surface area contributed by atoms with Crippen LogP contribution in [-0.4, -0.2) is 12.0 Å². The van der Waals surface area contributed by atoms with E-state index in [1.54, 1.807) is 0 Å². The van der Waals surface area contributed by atoms with Crippen LogP contribution in [0.1, 0.15) is 59.3 Å². The molecule has 0 fully saturated rings. The molecule has 0 aliphatic carbocycles. The van der Waals surface area contributed by atoms with Crippen molar-refractivity contribution in [1.82, 2.24) is 0 Å². The first kappa shape index (κ1) is 15.4. The summed E-state index contributed by atoms with van der Waals surface area (Å²) in [6.45, 7) is 7.66. The Bertz CT molecular complexity index is 87.2. The monoisotopic (exact) mass is 189 g/mol. The summed E-state index contributed by atoms with van der Waals surface area (Å²) in [5.41, 5.74) is 6.34. The van der Waals surface area contributed by atoms with Gasteiger partial charge in [0.2, 0.25) is 0 Å². The van der Waals surface area contributed by atoms with Crippen LogP contribution in [0.4, 0.5) is 0 Å². The number of hydrogen-bond donors (Lipinski definition) is 1. The Morgan fingerprint density at radius 1 is 0.846 bits per heavy atom. The molecular formula is C11H27NO. The second-order valence-electron chi connectivity index (χ2n) is 3.95. The average molecular weight is 189 g/mol. The lowest BCUT2D eigenvalue weighted by Gasteiger charge is -2.31. The fourth-order valence-corrected chi connectivity index (χ4v) is 2.27. The zero-order valence-electron chi connectivity index (χ0n) is 9.53. The highest BCUT2D eigenvalue weighted by molar-refractivity contribution is 4.78. The predicted octanol–water partition coefficient (Wildman–Crippen LogP) is 2.51. The highest BCUT2D eigenvalue weighted by Gasteiger charge is 2.24. The molecule has 2 heteroatoms. The summed E-state index contributed by atoms with van der Waals surface area (Å²) in [5, 5.41) is 0. The maximum absolute atomic E-state index is 5.87. The second-order valence-corrected chi connectivity index (χ2v) is 3.95. The van der Waals surface area contributed by atoms with Crippen LogP contribution < -0.4 is 5.73 Å². The van der Waals surface area contributed by atoms with Gasteiger partial charge in [0.05, 0.1) is 0 Å². The third-order valence-electron chi connectivity index (χ3n) is 2.77. The Morgan fingerprint density at radius 2 is 1.15 bits per heavy atom. The van der Waals surface area contributed by atoms with Crippen molar-refractivity contribution in [3.05, 3.63) is 0 Å². The van der Waals surface area contributed by atoms with E-state index in [-0.39, 0.29) is 5.48 Å². The highest BCUT2D eigenvalue weighted by Crippen LogP contribution is 2.33. The van der Waals surface area contributed by atoms with Crippen molar-refractivity contribution in [2.45, 2.75) is 59.3 Å². The largest absolute Gasteiger partial charge is 0.412 e. The summed E-state index contributed by atoms with van der Waals surface area (Å²) in [4.78, 5) is 0. The Kier molecular flexibility index (Phi) is 10.1. The molecule has 0 aromatic rings. The van der Waals surface area contributed by atoms with Gasteiger partial charge in [0, 0.05) is 0 Å². The first-order valence-corrected chi connectivity index (χ1v) is 5.44. The van der Waals surface area contributed by atoms with Crippen LogP contribution in [-0.2, 0) is 0 Å². The van der Waals surface area contributed by atoms with Gasteiger partial charge in [0.15, 0.2) is 0 Å². The molecule has 13 heavy (non-hydrogen) atoms. The zero-order valence-corrected chi connectivity index (χ0v) is 9.53. The van der Waals surface area contributed by atoms with Crippen molar-refractivity contribution in [3.8, 4) is 0 Å². The molecule has 0 atom stereocenters. The van der Waals surface area contributed by atoms with E-state index in [1.807, 2.05) is 0 Å². The Hall–Kier alpha value is -0.0800. The molecule has 0 rings (SSSR count). The lowest BCUT2D eigenvalue weighted by Crippen LogP contribution is -2.30. The molecule has 0 unspecified atom stereocenters. The predicted molar refractivity (Wildman–Crippen MR) is 59.8 cm³/mol. The van der Waals surface area contributed by atoms with E-state index in [9.17, 15) is 0 Å². The van der Waals surface area contributed by atoms with Crippen LogP contribution >= 0.6 is 0 Å². The van der Waals surface area contributed by atoms with Gasteiger partial charge >= 0.3 is 0 Å². The first-order chi connectivity index (χ1) is 5.74. The molecule has 0 spiro atoms. The molecule has 0 heterocycles. The number of rotatable bonds is 7. The van der Waals surface area contributed by atoms with Crippen molar-refractivity contribution in [2.24, 2.45) is 11.1 Å². The smallest absolute Gasteiger partial charge is 0.00205 e. The third-order valence-corrected chi connectivity index (χ3v) is 2.77. The summed E-state index contributed by atoms with van der Waals surface area (Å²) in [5.74, 6) is 0. The molecule has 0 bridgehead atoms. The van der Waals surface area contributed by atoms with E-state index in [2.05, 4.69) is 20.8 Å². The summed E-state index contributed by atoms with van der Waals surface area (Å²) < 4.78 is 0. The standard InChI is InChI=1S/C11H25N.H2O/c1-4-7-11(10-12,8-5-2)9-6-3;/h4-10,12H2,1-3H3;1H2. The summed E-state index contributed by atoms with van der Waals surface area (Å²) in [6, 6.07) is 0. The molecule has 4 N–H and O–H groups in total. The summed E-state index contributed by atoms with van der Waals surface area (Å²) >= 11 is 0. The zero-order chi connectivity index (χ0) is 9.45. The van der Waals surface area contributed by atoms with Crippen LogP contribution in [0.5, 0.6) is 0 Å². The lowest BCUT2D eigenvalue weighted by atomic mass is 9.76. The van der Waals surface area contributed by atoms with E-state index in [4.69, 9.17) is 5.73 Å². The van der Waals surface area contributed by atoms with Gasteiger partial charge < -0.3 is 11.2 Å². The minimum absolute atomic E-state index is 0. The first-order valence-electron chi connectivity index (χ1n) is 5.44. The molecule has 0 aromatic carbocycles.